The summed E-state index contributed by atoms with van der Waals surface area (Å²) in [4.78, 5) is 13.4. The molecule has 1 heterocycles. The summed E-state index contributed by atoms with van der Waals surface area (Å²) in [5.41, 5.74) is 2.24. The molecule has 2 aliphatic rings. The summed E-state index contributed by atoms with van der Waals surface area (Å²) >= 11 is 0. The minimum atomic E-state index is -0.351. The van der Waals surface area contributed by atoms with Gasteiger partial charge in [0, 0.05) is 19.1 Å². The number of methoxy groups -OCH3 is 1. The summed E-state index contributed by atoms with van der Waals surface area (Å²) in [6.45, 7) is 7.85. The van der Waals surface area contributed by atoms with Gasteiger partial charge in [-0.1, -0.05) is 51.0 Å². The SMILES string of the molecule is COCC1(CNC(=O)C2(c3ccc(C(C)C)cc3)CCCC2)CCNCC1. The fourth-order valence-electron chi connectivity index (χ4n) is 4.88. The first-order valence-electron chi connectivity index (χ1n) is 10.6. The van der Waals surface area contributed by atoms with E-state index in [9.17, 15) is 4.79 Å². The Balaban J connectivity index is 1.75. The molecule has 4 heteroatoms. The molecule has 1 aromatic carbocycles. The summed E-state index contributed by atoms with van der Waals surface area (Å²) in [7, 11) is 1.76. The molecule has 4 nitrogen and oxygen atoms in total. The van der Waals surface area contributed by atoms with Gasteiger partial charge in [-0.3, -0.25) is 4.79 Å². The van der Waals surface area contributed by atoms with Crippen molar-refractivity contribution in [2.75, 3.05) is 33.4 Å². The number of ether oxygens (including phenoxy) is 1. The predicted molar refractivity (Wildman–Crippen MR) is 110 cm³/mol. The number of benzene rings is 1. The standard InChI is InChI=1S/C23H36N2O2/c1-18(2)19-6-8-20(9-7-19)23(10-4-5-11-23)21(26)25-16-22(17-27-3)12-14-24-15-13-22/h6-9,18,24H,4-5,10-17H2,1-3H3,(H,25,26). The number of rotatable bonds is 7. The highest BCUT2D eigenvalue weighted by atomic mass is 16.5. The maximum absolute atomic E-state index is 13.4. The number of hydrogen-bond donors (Lipinski definition) is 2. The second kappa shape index (κ2) is 8.74. The van der Waals surface area contributed by atoms with Crippen molar-refractivity contribution in [2.45, 2.75) is 63.7 Å². The minimum Gasteiger partial charge on any atom is -0.384 e. The van der Waals surface area contributed by atoms with E-state index < -0.39 is 0 Å². The van der Waals surface area contributed by atoms with Crippen LogP contribution in [-0.4, -0.2) is 39.3 Å². The highest BCUT2D eigenvalue weighted by molar-refractivity contribution is 5.88. The molecular formula is C23H36N2O2. The van der Waals surface area contributed by atoms with Crippen molar-refractivity contribution in [1.29, 1.82) is 0 Å². The van der Waals surface area contributed by atoms with Gasteiger partial charge in [-0.2, -0.15) is 0 Å². The Bertz CT molecular complexity index is 606. The molecule has 0 bridgehead atoms. The molecule has 0 spiro atoms. The predicted octanol–water partition coefficient (Wildman–Crippen LogP) is 3.75. The zero-order valence-electron chi connectivity index (χ0n) is 17.3. The normalized spacial score (nSPS) is 21.3. The van der Waals surface area contributed by atoms with Crippen LogP contribution in [0.1, 0.15) is 69.4 Å². The van der Waals surface area contributed by atoms with Crippen LogP contribution in [0.3, 0.4) is 0 Å². The van der Waals surface area contributed by atoms with E-state index in [1.807, 2.05) is 0 Å². The average Bonchev–Trinajstić information content (AvgIpc) is 3.18. The highest BCUT2D eigenvalue weighted by Gasteiger charge is 2.43. The van der Waals surface area contributed by atoms with Crippen molar-refractivity contribution in [2.24, 2.45) is 5.41 Å². The molecule has 0 atom stereocenters. The molecule has 150 valence electrons. The summed E-state index contributed by atoms with van der Waals surface area (Å²) in [5, 5.41) is 6.77. The number of nitrogens with one attached hydrogen (secondary N) is 2. The second-order valence-electron chi connectivity index (χ2n) is 8.93. The summed E-state index contributed by atoms with van der Waals surface area (Å²) in [6, 6.07) is 8.78. The summed E-state index contributed by atoms with van der Waals surface area (Å²) in [6.07, 6.45) is 6.28. The molecule has 0 unspecified atom stereocenters. The van der Waals surface area contributed by atoms with Gasteiger partial charge in [0.2, 0.25) is 5.91 Å². The van der Waals surface area contributed by atoms with Gasteiger partial charge in [0.05, 0.1) is 12.0 Å². The fourth-order valence-corrected chi connectivity index (χ4v) is 4.88. The van der Waals surface area contributed by atoms with Gasteiger partial charge in [-0.15, -0.1) is 0 Å². The van der Waals surface area contributed by atoms with Crippen LogP contribution < -0.4 is 10.6 Å². The zero-order valence-corrected chi connectivity index (χ0v) is 17.3. The number of hydrogen-bond acceptors (Lipinski definition) is 3. The molecule has 1 amide bonds. The van der Waals surface area contributed by atoms with Crippen LogP contribution in [0.2, 0.25) is 0 Å². The van der Waals surface area contributed by atoms with E-state index in [0.717, 1.165) is 51.6 Å². The molecule has 0 aromatic heterocycles. The van der Waals surface area contributed by atoms with E-state index in [2.05, 4.69) is 48.7 Å². The Morgan fingerprint density at radius 1 is 1.11 bits per heavy atom. The third-order valence-electron chi connectivity index (χ3n) is 6.76. The maximum Gasteiger partial charge on any atom is 0.230 e. The first-order chi connectivity index (χ1) is 13.0. The van der Waals surface area contributed by atoms with Crippen LogP contribution in [-0.2, 0) is 14.9 Å². The van der Waals surface area contributed by atoms with Crippen molar-refractivity contribution in [3.05, 3.63) is 35.4 Å². The number of carbonyl (C=O) groups excluding carboxylic acids is 1. The molecule has 1 saturated heterocycles. The van der Waals surface area contributed by atoms with Gasteiger partial charge in [0.1, 0.15) is 0 Å². The van der Waals surface area contributed by atoms with E-state index in [1.165, 1.54) is 11.1 Å². The third-order valence-corrected chi connectivity index (χ3v) is 6.76. The van der Waals surface area contributed by atoms with Gasteiger partial charge in [0.15, 0.2) is 0 Å². The van der Waals surface area contributed by atoms with Crippen LogP contribution in [0.5, 0.6) is 0 Å². The van der Waals surface area contributed by atoms with Gasteiger partial charge in [-0.25, -0.2) is 0 Å². The van der Waals surface area contributed by atoms with Gasteiger partial charge in [-0.05, 0) is 55.8 Å². The second-order valence-corrected chi connectivity index (χ2v) is 8.93. The van der Waals surface area contributed by atoms with Gasteiger partial charge in [0.25, 0.3) is 0 Å². The topological polar surface area (TPSA) is 50.4 Å². The number of amides is 1. The maximum atomic E-state index is 13.4. The molecule has 1 aliphatic heterocycles. The molecule has 3 rings (SSSR count). The average molecular weight is 373 g/mol. The molecular weight excluding hydrogens is 336 g/mol. The monoisotopic (exact) mass is 372 g/mol. The first kappa shape index (κ1) is 20.3. The number of carbonyl (C=O) groups is 1. The van der Waals surface area contributed by atoms with Crippen LogP contribution in [0.4, 0.5) is 0 Å². The first-order valence-corrected chi connectivity index (χ1v) is 10.6. The van der Waals surface area contributed by atoms with E-state index in [-0.39, 0.29) is 16.7 Å². The van der Waals surface area contributed by atoms with Crippen molar-refractivity contribution in [3.8, 4) is 0 Å². The van der Waals surface area contributed by atoms with E-state index in [4.69, 9.17) is 4.74 Å². The zero-order chi connectivity index (χ0) is 19.3. The van der Waals surface area contributed by atoms with Crippen LogP contribution in [0, 0.1) is 5.41 Å². The van der Waals surface area contributed by atoms with E-state index >= 15 is 0 Å². The minimum absolute atomic E-state index is 0.0664. The molecule has 1 saturated carbocycles. The fraction of sp³-hybridized carbons (Fsp3) is 0.696. The molecule has 2 fully saturated rings. The lowest BCUT2D eigenvalue weighted by molar-refractivity contribution is -0.127. The van der Waals surface area contributed by atoms with Crippen LogP contribution in [0.25, 0.3) is 0 Å². The Kier molecular flexibility index (Phi) is 6.59. The lowest BCUT2D eigenvalue weighted by Gasteiger charge is -2.38. The summed E-state index contributed by atoms with van der Waals surface area (Å²) in [5.74, 6) is 0.729. The Labute approximate surface area is 164 Å². The Morgan fingerprint density at radius 3 is 2.30 bits per heavy atom. The van der Waals surface area contributed by atoms with Crippen molar-refractivity contribution >= 4 is 5.91 Å². The summed E-state index contributed by atoms with van der Waals surface area (Å²) < 4.78 is 5.51. The largest absolute Gasteiger partial charge is 0.384 e. The van der Waals surface area contributed by atoms with Gasteiger partial charge < -0.3 is 15.4 Å². The smallest absolute Gasteiger partial charge is 0.230 e. The number of piperidine rings is 1. The van der Waals surface area contributed by atoms with Crippen molar-refractivity contribution in [3.63, 3.8) is 0 Å². The lowest BCUT2D eigenvalue weighted by atomic mass is 9.76. The van der Waals surface area contributed by atoms with E-state index in [1.54, 1.807) is 7.11 Å². The molecule has 0 radical (unpaired) electrons. The lowest BCUT2D eigenvalue weighted by Crippen LogP contribution is -2.51. The molecule has 1 aromatic rings. The van der Waals surface area contributed by atoms with Crippen molar-refractivity contribution < 1.29 is 9.53 Å². The van der Waals surface area contributed by atoms with Gasteiger partial charge >= 0.3 is 0 Å². The quantitative estimate of drug-likeness (QED) is 0.766. The molecule has 1 aliphatic carbocycles. The van der Waals surface area contributed by atoms with Crippen LogP contribution >= 0.6 is 0 Å². The highest BCUT2D eigenvalue weighted by Crippen LogP contribution is 2.42. The van der Waals surface area contributed by atoms with E-state index in [0.29, 0.717) is 19.1 Å². The molecule has 27 heavy (non-hydrogen) atoms. The molecule has 2 N–H and O–H groups in total. The third kappa shape index (κ3) is 4.38. The van der Waals surface area contributed by atoms with Crippen LogP contribution in [0.15, 0.2) is 24.3 Å². The Morgan fingerprint density at radius 2 is 1.74 bits per heavy atom. The Hall–Kier alpha value is -1.39. The van der Waals surface area contributed by atoms with Crippen molar-refractivity contribution in [1.82, 2.24) is 10.6 Å².